The number of benzene rings is 2. The highest BCUT2D eigenvalue weighted by Crippen LogP contribution is 2.39. The van der Waals surface area contributed by atoms with Crippen LogP contribution >= 0.6 is 45.9 Å². The van der Waals surface area contributed by atoms with E-state index in [4.69, 9.17) is 23.2 Å². The predicted octanol–water partition coefficient (Wildman–Crippen LogP) is 6.37. The van der Waals surface area contributed by atoms with Crippen LogP contribution in [0.4, 0.5) is 15.2 Å². The quantitative estimate of drug-likeness (QED) is 0.304. The Balaban J connectivity index is 1.43. The predicted molar refractivity (Wildman–Crippen MR) is 127 cm³/mol. The monoisotopic (exact) mass is 527 g/mol. The van der Waals surface area contributed by atoms with E-state index in [1.807, 2.05) is 0 Å². The summed E-state index contributed by atoms with van der Waals surface area (Å²) in [5.74, 6) is -0.942. The second kappa shape index (κ2) is 9.16. The van der Waals surface area contributed by atoms with Gasteiger partial charge in [0.25, 0.3) is 15.9 Å². The number of amides is 1. The van der Waals surface area contributed by atoms with Crippen LogP contribution < -0.4 is 10.0 Å². The number of carbonyl (C=O) groups excluding carboxylic acids is 1. The van der Waals surface area contributed by atoms with Crippen LogP contribution in [0.3, 0.4) is 0 Å². The molecule has 0 aliphatic rings. The fourth-order valence-electron chi connectivity index (χ4n) is 2.66. The molecule has 1 amide bonds. The van der Waals surface area contributed by atoms with Crippen LogP contribution in [-0.4, -0.2) is 19.3 Å². The zero-order valence-corrected chi connectivity index (χ0v) is 19.8. The first kappa shape index (κ1) is 22.7. The van der Waals surface area contributed by atoms with Gasteiger partial charge in [0, 0.05) is 22.2 Å². The Kier molecular flexibility index (Phi) is 6.50. The van der Waals surface area contributed by atoms with E-state index in [0.29, 0.717) is 30.6 Å². The molecular weight excluding hydrogens is 516 g/mol. The van der Waals surface area contributed by atoms with E-state index in [1.165, 1.54) is 59.1 Å². The van der Waals surface area contributed by atoms with E-state index >= 15 is 0 Å². The Morgan fingerprint density at radius 1 is 1.03 bits per heavy atom. The fourth-order valence-corrected chi connectivity index (χ4v) is 5.90. The van der Waals surface area contributed by atoms with Gasteiger partial charge < -0.3 is 0 Å². The van der Waals surface area contributed by atoms with Crippen molar-refractivity contribution in [3.63, 3.8) is 0 Å². The van der Waals surface area contributed by atoms with Gasteiger partial charge in [-0.3, -0.25) is 14.8 Å². The summed E-state index contributed by atoms with van der Waals surface area (Å²) in [4.78, 5) is 16.8. The van der Waals surface area contributed by atoms with Gasteiger partial charge in [0.15, 0.2) is 5.13 Å². The van der Waals surface area contributed by atoms with Crippen LogP contribution in [0, 0.1) is 5.82 Å². The third-order valence-electron chi connectivity index (χ3n) is 4.18. The molecule has 4 rings (SSSR count). The van der Waals surface area contributed by atoms with Crippen molar-refractivity contribution in [1.82, 2.24) is 4.98 Å². The lowest BCUT2D eigenvalue weighted by atomic mass is 10.2. The summed E-state index contributed by atoms with van der Waals surface area (Å²) in [6.07, 6.45) is 0. The van der Waals surface area contributed by atoms with Crippen molar-refractivity contribution in [1.29, 1.82) is 0 Å². The SMILES string of the molecule is O=C(Nc1nc(-c2cc(Cl)sc2Cl)cs1)c1ccc(NS(=O)(=O)c2ccc(F)cc2)cc1. The van der Waals surface area contributed by atoms with Crippen molar-refractivity contribution in [2.45, 2.75) is 4.90 Å². The maximum atomic E-state index is 13.0. The summed E-state index contributed by atoms with van der Waals surface area (Å²) >= 11 is 14.6. The molecule has 2 aromatic heterocycles. The molecule has 0 bridgehead atoms. The van der Waals surface area contributed by atoms with E-state index in [-0.39, 0.29) is 10.6 Å². The van der Waals surface area contributed by atoms with Gasteiger partial charge in [0.05, 0.1) is 14.9 Å². The smallest absolute Gasteiger partial charge is 0.261 e. The van der Waals surface area contributed by atoms with Gasteiger partial charge in [0.2, 0.25) is 0 Å². The largest absolute Gasteiger partial charge is 0.298 e. The topological polar surface area (TPSA) is 88.2 Å². The van der Waals surface area contributed by atoms with Crippen molar-refractivity contribution in [2.24, 2.45) is 0 Å². The van der Waals surface area contributed by atoms with E-state index in [2.05, 4.69) is 15.0 Å². The standard InChI is InChI=1S/C20H12Cl2FN3O3S3/c21-17-9-15(18(22)31-17)16-10-30-20(24-16)25-19(27)11-1-5-13(6-2-11)26-32(28,29)14-7-3-12(23)4-8-14/h1-10,26H,(H,24,25,27). The van der Waals surface area contributed by atoms with Crippen LogP contribution in [0.15, 0.2) is 64.9 Å². The molecule has 0 aliphatic carbocycles. The maximum absolute atomic E-state index is 13.0. The van der Waals surface area contributed by atoms with Crippen molar-refractivity contribution >= 4 is 72.6 Å². The Morgan fingerprint density at radius 3 is 2.34 bits per heavy atom. The molecule has 0 saturated heterocycles. The van der Waals surface area contributed by atoms with Crippen molar-refractivity contribution in [3.8, 4) is 11.3 Å². The molecule has 4 aromatic rings. The summed E-state index contributed by atoms with van der Waals surface area (Å²) in [5, 5.41) is 4.83. The normalized spacial score (nSPS) is 11.3. The second-order valence-electron chi connectivity index (χ2n) is 6.37. The number of aromatic nitrogens is 1. The Hall–Kier alpha value is -2.50. The summed E-state index contributed by atoms with van der Waals surface area (Å²) in [6.45, 7) is 0. The van der Waals surface area contributed by atoms with Crippen LogP contribution in [0.5, 0.6) is 0 Å². The van der Waals surface area contributed by atoms with Crippen molar-refractivity contribution < 1.29 is 17.6 Å². The van der Waals surface area contributed by atoms with Gasteiger partial charge in [-0.05, 0) is 54.6 Å². The van der Waals surface area contributed by atoms with Gasteiger partial charge in [-0.25, -0.2) is 17.8 Å². The lowest BCUT2D eigenvalue weighted by Gasteiger charge is -2.09. The number of carbonyl (C=O) groups is 1. The molecule has 0 aliphatic heterocycles. The Bertz CT molecular complexity index is 1390. The highest BCUT2D eigenvalue weighted by molar-refractivity contribution is 7.92. The number of thiophene rings is 1. The van der Waals surface area contributed by atoms with Crippen LogP contribution in [0.25, 0.3) is 11.3 Å². The number of thiazole rings is 1. The molecule has 0 spiro atoms. The second-order valence-corrected chi connectivity index (χ2v) is 11.2. The van der Waals surface area contributed by atoms with E-state index < -0.39 is 21.7 Å². The molecular formula is C20H12Cl2FN3O3S3. The van der Waals surface area contributed by atoms with E-state index in [9.17, 15) is 17.6 Å². The molecule has 2 aromatic carbocycles. The Morgan fingerprint density at radius 2 is 1.72 bits per heavy atom. The van der Waals surface area contributed by atoms with Crippen molar-refractivity contribution in [2.75, 3.05) is 10.0 Å². The molecule has 32 heavy (non-hydrogen) atoms. The molecule has 0 saturated carbocycles. The molecule has 2 heterocycles. The van der Waals surface area contributed by atoms with E-state index in [1.54, 1.807) is 11.4 Å². The van der Waals surface area contributed by atoms with Gasteiger partial charge >= 0.3 is 0 Å². The fraction of sp³-hybridized carbons (Fsp3) is 0. The number of rotatable bonds is 6. The maximum Gasteiger partial charge on any atom is 0.261 e. The first-order valence-corrected chi connectivity index (χ1v) is 12.8. The summed E-state index contributed by atoms with van der Waals surface area (Å²) < 4.78 is 41.2. The number of hydrogen-bond donors (Lipinski definition) is 2. The molecule has 0 fully saturated rings. The Labute approximate surface area is 200 Å². The zero-order valence-electron chi connectivity index (χ0n) is 15.8. The number of anilines is 2. The molecule has 12 heteroatoms. The molecule has 0 radical (unpaired) electrons. The highest BCUT2D eigenvalue weighted by Gasteiger charge is 2.16. The minimum absolute atomic E-state index is 0.0766. The summed E-state index contributed by atoms with van der Waals surface area (Å²) in [6, 6.07) is 12.0. The van der Waals surface area contributed by atoms with Crippen LogP contribution in [0.2, 0.25) is 8.67 Å². The number of nitrogens with zero attached hydrogens (tertiary/aromatic N) is 1. The van der Waals surface area contributed by atoms with Gasteiger partial charge in [0.1, 0.15) is 10.2 Å². The van der Waals surface area contributed by atoms with E-state index in [0.717, 1.165) is 12.1 Å². The third-order valence-corrected chi connectivity index (χ3v) is 7.82. The average molecular weight is 528 g/mol. The zero-order chi connectivity index (χ0) is 22.9. The summed E-state index contributed by atoms with van der Waals surface area (Å²) in [7, 11) is -3.88. The number of nitrogens with one attached hydrogen (secondary N) is 2. The highest BCUT2D eigenvalue weighted by atomic mass is 35.5. The molecule has 2 N–H and O–H groups in total. The lowest BCUT2D eigenvalue weighted by Crippen LogP contribution is -2.14. The minimum atomic E-state index is -3.88. The average Bonchev–Trinajstić information content (AvgIpc) is 3.34. The van der Waals surface area contributed by atoms with Gasteiger partial charge in [-0.15, -0.1) is 22.7 Å². The number of hydrogen-bond acceptors (Lipinski definition) is 6. The molecule has 0 unspecified atom stereocenters. The molecule has 164 valence electrons. The first-order valence-electron chi connectivity index (χ1n) is 8.82. The van der Waals surface area contributed by atoms with Crippen LogP contribution in [-0.2, 0) is 10.0 Å². The minimum Gasteiger partial charge on any atom is -0.298 e. The number of halogens is 3. The summed E-state index contributed by atoms with van der Waals surface area (Å²) in [5.41, 5.74) is 1.86. The molecule has 0 atom stereocenters. The lowest BCUT2D eigenvalue weighted by molar-refractivity contribution is 0.102. The van der Waals surface area contributed by atoms with Gasteiger partial charge in [-0.1, -0.05) is 23.2 Å². The van der Waals surface area contributed by atoms with Crippen LogP contribution in [0.1, 0.15) is 10.4 Å². The first-order chi connectivity index (χ1) is 15.2. The number of sulfonamides is 1. The van der Waals surface area contributed by atoms with Gasteiger partial charge in [-0.2, -0.15) is 0 Å². The molecule has 6 nitrogen and oxygen atoms in total. The van der Waals surface area contributed by atoms with Crippen molar-refractivity contribution in [3.05, 3.63) is 80.0 Å². The third kappa shape index (κ3) is 5.11.